The SMILES string of the molecule is NS(=O)(=O)C(=O)CCC(=O)NS(=O)(=O)c1ccc(-c2ccccc2)cc1. The van der Waals surface area contributed by atoms with E-state index in [1.54, 1.807) is 16.9 Å². The zero-order valence-electron chi connectivity index (χ0n) is 13.5. The fraction of sp³-hybridized carbons (Fsp3) is 0.125. The molecule has 0 aliphatic rings. The van der Waals surface area contributed by atoms with Gasteiger partial charge in [-0.2, -0.15) is 0 Å². The topological polar surface area (TPSA) is 140 Å². The molecule has 0 saturated carbocycles. The highest BCUT2D eigenvalue weighted by atomic mass is 32.2. The van der Waals surface area contributed by atoms with Crippen LogP contribution in [-0.2, 0) is 29.6 Å². The molecule has 26 heavy (non-hydrogen) atoms. The van der Waals surface area contributed by atoms with E-state index in [1.807, 2.05) is 30.3 Å². The van der Waals surface area contributed by atoms with E-state index in [1.165, 1.54) is 12.1 Å². The van der Waals surface area contributed by atoms with Gasteiger partial charge < -0.3 is 0 Å². The van der Waals surface area contributed by atoms with E-state index in [0.717, 1.165) is 11.1 Å². The summed E-state index contributed by atoms with van der Waals surface area (Å²) in [6.45, 7) is 0. The Morgan fingerprint density at radius 3 is 1.88 bits per heavy atom. The van der Waals surface area contributed by atoms with Gasteiger partial charge in [-0.1, -0.05) is 42.5 Å². The lowest BCUT2D eigenvalue weighted by Gasteiger charge is -2.08. The number of sulfonamides is 2. The molecule has 0 atom stereocenters. The maximum absolute atomic E-state index is 12.2. The fourth-order valence-electron chi connectivity index (χ4n) is 2.07. The summed E-state index contributed by atoms with van der Waals surface area (Å²) in [7, 11) is -8.53. The van der Waals surface area contributed by atoms with Crippen LogP contribution in [0.2, 0.25) is 0 Å². The average molecular weight is 396 g/mol. The number of nitrogens with one attached hydrogen (secondary N) is 1. The highest BCUT2D eigenvalue weighted by molar-refractivity contribution is 8.04. The van der Waals surface area contributed by atoms with Gasteiger partial charge in [0.2, 0.25) is 5.91 Å². The van der Waals surface area contributed by atoms with Gasteiger partial charge in [0.1, 0.15) is 0 Å². The summed E-state index contributed by atoms with van der Waals surface area (Å²) >= 11 is 0. The highest BCUT2D eigenvalue weighted by Crippen LogP contribution is 2.20. The Labute approximate surface area is 151 Å². The Kier molecular flexibility index (Phi) is 5.90. The van der Waals surface area contributed by atoms with Crippen molar-refractivity contribution >= 4 is 31.1 Å². The number of carbonyl (C=O) groups excluding carboxylic acids is 2. The maximum atomic E-state index is 12.2. The summed E-state index contributed by atoms with van der Waals surface area (Å²) in [6, 6.07) is 15.2. The molecule has 2 rings (SSSR count). The molecule has 2 aromatic carbocycles. The summed E-state index contributed by atoms with van der Waals surface area (Å²) in [4.78, 5) is 22.7. The predicted molar refractivity (Wildman–Crippen MR) is 94.6 cm³/mol. The molecule has 0 aromatic heterocycles. The first-order valence-electron chi connectivity index (χ1n) is 7.36. The van der Waals surface area contributed by atoms with Gasteiger partial charge in [-0.3, -0.25) is 9.59 Å². The van der Waals surface area contributed by atoms with Gasteiger partial charge in [0, 0.05) is 12.8 Å². The van der Waals surface area contributed by atoms with E-state index in [-0.39, 0.29) is 4.90 Å². The van der Waals surface area contributed by atoms with Crippen LogP contribution in [0.4, 0.5) is 0 Å². The van der Waals surface area contributed by atoms with E-state index in [9.17, 15) is 26.4 Å². The molecule has 0 aliphatic heterocycles. The lowest BCUT2D eigenvalue weighted by Crippen LogP contribution is -2.32. The van der Waals surface area contributed by atoms with Crippen molar-refractivity contribution in [2.24, 2.45) is 5.14 Å². The predicted octanol–water partition coefficient (Wildman–Crippen LogP) is 0.754. The minimum absolute atomic E-state index is 0.136. The van der Waals surface area contributed by atoms with Crippen LogP contribution in [0.25, 0.3) is 11.1 Å². The van der Waals surface area contributed by atoms with Crippen LogP contribution in [0, 0.1) is 0 Å². The summed E-state index contributed by atoms with van der Waals surface area (Å²) in [5, 5.41) is 3.28. The van der Waals surface area contributed by atoms with Gasteiger partial charge in [-0.05, 0) is 23.3 Å². The van der Waals surface area contributed by atoms with Crippen molar-refractivity contribution in [3.05, 3.63) is 54.6 Å². The molecular formula is C16H16N2O6S2. The number of rotatable bonds is 6. The van der Waals surface area contributed by atoms with E-state index < -0.39 is 43.9 Å². The molecule has 2 aromatic rings. The van der Waals surface area contributed by atoms with E-state index in [4.69, 9.17) is 0 Å². The Balaban J connectivity index is 2.05. The van der Waals surface area contributed by atoms with Crippen molar-refractivity contribution < 1.29 is 26.4 Å². The minimum Gasteiger partial charge on any atom is -0.280 e. The third-order valence-corrected chi connectivity index (χ3v) is 5.62. The molecule has 8 nitrogen and oxygen atoms in total. The molecule has 0 fully saturated rings. The number of hydrogen-bond acceptors (Lipinski definition) is 6. The third-order valence-electron chi connectivity index (χ3n) is 3.39. The zero-order valence-corrected chi connectivity index (χ0v) is 15.1. The number of carbonyl (C=O) groups is 2. The molecule has 1 amide bonds. The van der Waals surface area contributed by atoms with Gasteiger partial charge in [0.25, 0.3) is 25.2 Å². The molecule has 0 spiro atoms. The Hall–Kier alpha value is -2.56. The lowest BCUT2D eigenvalue weighted by molar-refractivity contribution is -0.121. The van der Waals surface area contributed by atoms with Crippen LogP contribution in [-0.4, -0.2) is 27.9 Å². The number of primary sulfonamides is 1. The number of amides is 1. The second-order valence-electron chi connectivity index (χ2n) is 5.34. The van der Waals surface area contributed by atoms with Crippen LogP contribution in [0.5, 0.6) is 0 Å². The van der Waals surface area contributed by atoms with Crippen molar-refractivity contribution in [3.63, 3.8) is 0 Å². The van der Waals surface area contributed by atoms with Gasteiger partial charge in [-0.15, -0.1) is 0 Å². The third kappa shape index (κ3) is 5.22. The molecule has 0 aliphatic carbocycles. The van der Waals surface area contributed by atoms with E-state index in [2.05, 4.69) is 5.14 Å². The number of benzene rings is 2. The Morgan fingerprint density at radius 1 is 0.808 bits per heavy atom. The normalized spacial score (nSPS) is 11.7. The van der Waals surface area contributed by atoms with E-state index >= 15 is 0 Å². The summed E-state index contributed by atoms with van der Waals surface area (Å²) < 4.78 is 47.7. The first-order valence-corrected chi connectivity index (χ1v) is 10.4. The molecule has 3 N–H and O–H groups in total. The van der Waals surface area contributed by atoms with Crippen molar-refractivity contribution in [1.82, 2.24) is 4.72 Å². The van der Waals surface area contributed by atoms with Gasteiger partial charge in [-0.25, -0.2) is 26.7 Å². The maximum Gasteiger partial charge on any atom is 0.271 e. The quantitative estimate of drug-likeness (QED) is 0.738. The first-order chi connectivity index (χ1) is 12.1. The van der Waals surface area contributed by atoms with Gasteiger partial charge in [0.15, 0.2) is 0 Å². The van der Waals surface area contributed by atoms with Crippen molar-refractivity contribution in [3.8, 4) is 11.1 Å². The fourth-order valence-corrected chi connectivity index (χ4v) is 3.48. The molecule has 0 saturated heterocycles. The Morgan fingerprint density at radius 2 is 1.35 bits per heavy atom. The summed E-state index contributed by atoms with van der Waals surface area (Å²) in [6.07, 6.45) is -1.32. The molecule has 10 heteroatoms. The van der Waals surface area contributed by atoms with Crippen LogP contribution in [0.3, 0.4) is 0 Å². The van der Waals surface area contributed by atoms with Crippen LogP contribution < -0.4 is 9.86 Å². The standard InChI is InChI=1S/C16H16N2O6S2/c17-25(21,22)16(20)11-10-15(19)18-26(23,24)14-8-6-13(7-9-14)12-4-2-1-3-5-12/h1-9H,10-11H2,(H,18,19)(H2,17,21,22). The van der Waals surface area contributed by atoms with Crippen molar-refractivity contribution in [2.45, 2.75) is 17.7 Å². The molecule has 0 unspecified atom stereocenters. The zero-order chi connectivity index (χ0) is 19.4. The van der Waals surface area contributed by atoms with Gasteiger partial charge >= 0.3 is 0 Å². The van der Waals surface area contributed by atoms with Crippen LogP contribution in [0.15, 0.2) is 59.5 Å². The molecule has 138 valence electrons. The number of nitrogens with two attached hydrogens (primary N) is 1. The highest BCUT2D eigenvalue weighted by Gasteiger charge is 2.21. The first kappa shape index (κ1) is 19.8. The monoisotopic (exact) mass is 396 g/mol. The lowest BCUT2D eigenvalue weighted by atomic mass is 10.1. The van der Waals surface area contributed by atoms with Crippen LogP contribution in [0.1, 0.15) is 12.8 Å². The largest absolute Gasteiger partial charge is 0.280 e. The smallest absolute Gasteiger partial charge is 0.271 e. The molecular weight excluding hydrogens is 380 g/mol. The van der Waals surface area contributed by atoms with Crippen LogP contribution >= 0.6 is 0 Å². The van der Waals surface area contributed by atoms with Crippen molar-refractivity contribution in [2.75, 3.05) is 0 Å². The van der Waals surface area contributed by atoms with Gasteiger partial charge in [0.05, 0.1) is 4.90 Å². The number of hydrogen-bond donors (Lipinski definition) is 2. The second-order valence-corrected chi connectivity index (χ2v) is 8.56. The summed E-state index contributed by atoms with van der Waals surface area (Å²) in [5.41, 5.74) is 1.71. The second kappa shape index (κ2) is 7.77. The average Bonchev–Trinajstić information content (AvgIpc) is 2.59. The molecule has 0 radical (unpaired) electrons. The minimum atomic E-state index is -4.39. The Bertz CT molecular complexity index is 1010. The van der Waals surface area contributed by atoms with Crippen molar-refractivity contribution in [1.29, 1.82) is 0 Å². The molecule has 0 bridgehead atoms. The van der Waals surface area contributed by atoms with E-state index in [0.29, 0.717) is 0 Å². The summed E-state index contributed by atoms with van der Waals surface area (Å²) in [5.74, 6) is -1.01. The molecule has 0 heterocycles.